The molecule has 0 radical (unpaired) electrons. The van der Waals surface area contributed by atoms with E-state index in [0.717, 1.165) is 24.2 Å². The number of pyridine rings is 1. The predicted octanol–water partition coefficient (Wildman–Crippen LogP) is 1.98. The van der Waals surface area contributed by atoms with Crippen LogP contribution in [-0.4, -0.2) is 26.6 Å². The molecule has 2 rings (SSSR count). The zero-order chi connectivity index (χ0) is 13.0. The van der Waals surface area contributed by atoms with Crippen LogP contribution in [0.5, 0.6) is 0 Å². The van der Waals surface area contributed by atoms with Crippen molar-refractivity contribution in [2.24, 2.45) is 0 Å². The molecule has 2 aromatic rings. The number of hydrogen-bond donors (Lipinski definition) is 2. The van der Waals surface area contributed by atoms with Gasteiger partial charge in [0.15, 0.2) is 0 Å². The van der Waals surface area contributed by atoms with E-state index >= 15 is 0 Å². The maximum Gasteiger partial charge on any atom is 0.137 e. The van der Waals surface area contributed by atoms with Crippen LogP contribution in [0.25, 0.3) is 5.65 Å². The maximum absolute atomic E-state index is 9.51. The minimum Gasteiger partial charge on any atom is -0.394 e. The van der Waals surface area contributed by atoms with Gasteiger partial charge in [-0.1, -0.05) is 19.9 Å². The molecule has 0 unspecified atom stereocenters. The average Bonchev–Trinajstić information content (AvgIpc) is 2.84. The molecule has 0 bridgehead atoms. The van der Waals surface area contributed by atoms with Crippen LogP contribution in [0.1, 0.15) is 32.4 Å². The molecule has 0 aliphatic rings. The van der Waals surface area contributed by atoms with Gasteiger partial charge in [-0.25, -0.2) is 4.98 Å². The van der Waals surface area contributed by atoms with Gasteiger partial charge < -0.3 is 14.8 Å². The van der Waals surface area contributed by atoms with E-state index < -0.39 is 0 Å². The first-order chi connectivity index (χ1) is 8.73. The molecule has 0 atom stereocenters. The van der Waals surface area contributed by atoms with Gasteiger partial charge in [0.05, 0.1) is 12.3 Å². The molecular weight excluding hydrogens is 226 g/mol. The highest BCUT2D eigenvalue weighted by atomic mass is 16.3. The van der Waals surface area contributed by atoms with Gasteiger partial charge >= 0.3 is 0 Å². The van der Waals surface area contributed by atoms with Gasteiger partial charge in [-0.2, -0.15) is 0 Å². The number of rotatable bonds is 6. The molecule has 18 heavy (non-hydrogen) atoms. The number of nitrogens with one attached hydrogen (secondary N) is 1. The lowest BCUT2D eigenvalue weighted by atomic mass is 9.94. The molecule has 0 saturated carbocycles. The van der Waals surface area contributed by atoms with Gasteiger partial charge in [0.2, 0.25) is 0 Å². The van der Waals surface area contributed by atoms with E-state index in [1.165, 1.54) is 0 Å². The minimum absolute atomic E-state index is 0.160. The van der Waals surface area contributed by atoms with Crippen molar-refractivity contribution < 1.29 is 5.11 Å². The highest BCUT2D eigenvalue weighted by Gasteiger charge is 2.24. The normalized spacial score (nSPS) is 12.2. The van der Waals surface area contributed by atoms with Gasteiger partial charge in [-0.15, -0.1) is 0 Å². The highest BCUT2D eigenvalue weighted by Crippen LogP contribution is 2.15. The van der Waals surface area contributed by atoms with Crippen LogP contribution in [0.15, 0.2) is 30.6 Å². The van der Waals surface area contributed by atoms with Gasteiger partial charge in [0.1, 0.15) is 5.65 Å². The Balaban J connectivity index is 2.09. The van der Waals surface area contributed by atoms with E-state index in [2.05, 4.69) is 24.1 Å². The summed E-state index contributed by atoms with van der Waals surface area (Å²) in [6.07, 6.45) is 5.83. The molecular formula is C14H21N3O. The SMILES string of the molecule is CCC(CC)(CO)NCc1cn2ccccc2n1. The topological polar surface area (TPSA) is 49.6 Å². The molecule has 2 aromatic heterocycles. The van der Waals surface area contributed by atoms with Gasteiger partial charge in [0, 0.05) is 24.5 Å². The lowest BCUT2D eigenvalue weighted by Gasteiger charge is -2.30. The molecule has 0 aliphatic heterocycles. The molecule has 0 aromatic carbocycles. The van der Waals surface area contributed by atoms with Crippen molar-refractivity contribution in [3.63, 3.8) is 0 Å². The third-order valence-electron chi connectivity index (χ3n) is 3.71. The van der Waals surface area contributed by atoms with Gasteiger partial charge in [-0.3, -0.25) is 0 Å². The van der Waals surface area contributed by atoms with Crippen molar-refractivity contribution in [2.45, 2.75) is 38.8 Å². The number of aliphatic hydroxyl groups is 1. The molecule has 2 heterocycles. The summed E-state index contributed by atoms with van der Waals surface area (Å²) >= 11 is 0. The Bertz CT molecular complexity index is 461. The second-order valence-corrected chi connectivity index (χ2v) is 4.70. The Morgan fingerprint density at radius 3 is 2.72 bits per heavy atom. The fourth-order valence-corrected chi connectivity index (χ4v) is 2.13. The van der Waals surface area contributed by atoms with Crippen LogP contribution in [0.3, 0.4) is 0 Å². The third kappa shape index (κ3) is 2.54. The number of aromatic nitrogens is 2. The van der Waals surface area contributed by atoms with Crippen LogP contribution >= 0.6 is 0 Å². The van der Waals surface area contributed by atoms with Crippen molar-refractivity contribution in [1.29, 1.82) is 0 Å². The highest BCUT2D eigenvalue weighted by molar-refractivity contribution is 5.39. The van der Waals surface area contributed by atoms with Crippen LogP contribution in [0, 0.1) is 0 Å². The molecule has 4 heteroatoms. The Hall–Kier alpha value is -1.39. The molecule has 0 aliphatic carbocycles. The summed E-state index contributed by atoms with van der Waals surface area (Å²) in [7, 11) is 0. The fraction of sp³-hybridized carbons (Fsp3) is 0.500. The lowest BCUT2D eigenvalue weighted by Crippen LogP contribution is -2.47. The van der Waals surface area contributed by atoms with E-state index in [1.54, 1.807) is 0 Å². The summed E-state index contributed by atoms with van der Waals surface area (Å²) in [5.41, 5.74) is 1.77. The smallest absolute Gasteiger partial charge is 0.137 e. The van der Waals surface area contributed by atoms with E-state index in [0.29, 0.717) is 6.54 Å². The Labute approximate surface area is 108 Å². The molecule has 4 nitrogen and oxygen atoms in total. The van der Waals surface area contributed by atoms with Crippen LogP contribution in [0.4, 0.5) is 0 Å². The molecule has 0 fully saturated rings. The summed E-state index contributed by atoms with van der Waals surface area (Å²) in [5.74, 6) is 0. The summed E-state index contributed by atoms with van der Waals surface area (Å²) in [5, 5.41) is 12.9. The average molecular weight is 247 g/mol. The van der Waals surface area contributed by atoms with Crippen molar-refractivity contribution in [3.8, 4) is 0 Å². The van der Waals surface area contributed by atoms with Gasteiger partial charge in [0.25, 0.3) is 0 Å². The zero-order valence-electron chi connectivity index (χ0n) is 11.1. The maximum atomic E-state index is 9.51. The van der Waals surface area contributed by atoms with Crippen LogP contribution in [0.2, 0.25) is 0 Å². The summed E-state index contributed by atoms with van der Waals surface area (Å²) in [4.78, 5) is 4.54. The number of imidazole rings is 1. The first kappa shape index (κ1) is 13.1. The quantitative estimate of drug-likeness (QED) is 0.820. The Morgan fingerprint density at radius 1 is 1.33 bits per heavy atom. The van der Waals surface area contributed by atoms with E-state index in [4.69, 9.17) is 0 Å². The Kier molecular flexibility index (Phi) is 3.99. The zero-order valence-corrected chi connectivity index (χ0v) is 11.1. The number of fused-ring (bicyclic) bond motifs is 1. The summed E-state index contributed by atoms with van der Waals surface area (Å²) < 4.78 is 2.01. The molecule has 0 saturated heterocycles. The number of aliphatic hydroxyl groups excluding tert-OH is 1. The third-order valence-corrected chi connectivity index (χ3v) is 3.71. The van der Waals surface area contributed by atoms with Gasteiger partial charge in [-0.05, 0) is 25.0 Å². The molecule has 98 valence electrons. The van der Waals surface area contributed by atoms with Crippen molar-refractivity contribution >= 4 is 5.65 Å². The van der Waals surface area contributed by atoms with Crippen LogP contribution in [-0.2, 0) is 6.54 Å². The minimum atomic E-state index is -0.185. The Morgan fingerprint density at radius 2 is 2.11 bits per heavy atom. The van der Waals surface area contributed by atoms with Crippen LogP contribution < -0.4 is 5.32 Å². The van der Waals surface area contributed by atoms with E-state index in [9.17, 15) is 5.11 Å². The number of hydrogen-bond acceptors (Lipinski definition) is 3. The molecule has 0 spiro atoms. The second-order valence-electron chi connectivity index (χ2n) is 4.70. The van der Waals surface area contributed by atoms with E-state index in [1.807, 2.05) is 35.0 Å². The lowest BCUT2D eigenvalue weighted by molar-refractivity contribution is 0.149. The van der Waals surface area contributed by atoms with Crippen molar-refractivity contribution in [2.75, 3.05) is 6.61 Å². The van der Waals surface area contributed by atoms with E-state index in [-0.39, 0.29) is 12.1 Å². The number of nitrogens with zero attached hydrogens (tertiary/aromatic N) is 2. The second kappa shape index (κ2) is 5.50. The summed E-state index contributed by atoms with van der Waals surface area (Å²) in [6.45, 7) is 5.03. The first-order valence-electron chi connectivity index (χ1n) is 6.51. The molecule has 2 N–H and O–H groups in total. The predicted molar refractivity (Wildman–Crippen MR) is 72.4 cm³/mol. The van der Waals surface area contributed by atoms with Crippen molar-refractivity contribution in [1.82, 2.24) is 14.7 Å². The first-order valence-corrected chi connectivity index (χ1v) is 6.51. The van der Waals surface area contributed by atoms with Crippen molar-refractivity contribution in [3.05, 3.63) is 36.3 Å². The molecule has 0 amide bonds. The monoisotopic (exact) mass is 247 g/mol. The standard InChI is InChI=1S/C14H21N3O/c1-3-14(4-2,11-18)15-9-12-10-17-8-6-5-7-13(17)16-12/h5-8,10,15,18H,3-4,9,11H2,1-2H3. The summed E-state index contributed by atoms with van der Waals surface area (Å²) in [6, 6.07) is 5.96. The largest absolute Gasteiger partial charge is 0.394 e. The fourth-order valence-electron chi connectivity index (χ4n) is 2.13.